The Balaban J connectivity index is 3.00. The van der Waals surface area contributed by atoms with Gasteiger partial charge in [-0.15, -0.1) is 11.6 Å². The fraction of sp³-hybridized carbons (Fsp3) is 0.300. The molecule has 88 valence electrons. The molecule has 2 unspecified atom stereocenters. The lowest BCUT2D eigenvalue weighted by atomic mass is 10.0. The largest absolute Gasteiger partial charge is 0.385 e. The third-order valence-corrected chi connectivity index (χ3v) is 2.80. The molecule has 0 saturated carbocycles. The molecule has 1 aromatic rings. The van der Waals surface area contributed by atoms with Gasteiger partial charge < -0.3 is 15.9 Å². The fourth-order valence-corrected chi connectivity index (χ4v) is 1.69. The van der Waals surface area contributed by atoms with Gasteiger partial charge in [0.15, 0.2) is 6.10 Å². The molecule has 0 aliphatic carbocycles. The molecule has 16 heavy (non-hydrogen) atoms. The minimum Gasteiger partial charge on any atom is -0.385 e. The summed E-state index contributed by atoms with van der Waals surface area (Å²) in [5, 5.41) is 19.4. The highest BCUT2D eigenvalue weighted by Crippen LogP contribution is 2.24. The van der Waals surface area contributed by atoms with Crippen LogP contribution in [0.5, 0.6) is 0 Å². The Morgan fingerprint density at radius 2 is 2.06 bits per heavy atom. The number of carbonyl (C=O) groups excluding carboxylic acids is 1. The summed E-state index contributed by atoms with van der Waals surface area (Å²) in [5.41, 5.74) is 5.82. The smallest absolute Gasteiger partial charge is 0.249 e. The van der Waals surface area contributed by atoms with Crippen molar-refractivity contribution >= 4 is 29.1 Å². The van der Waals surface area contributed by atoms with Gasteiger partial charge in [0.05, 0.1) is 0 Å². The number of aliphatic hydroxyl groups excluding tert-OH is 2. The number of rotatable bonds is 4. The van der Waals surface area contributed by atoms with Gasteiger partial charge >= 0.3 is 0 Å². The summed E-state index contributed by atoms with van der Waals surface area (Å²) in [7, 11) is 0. The number of hydrogen-bond donors (Lipinski definition) is 3. The molecule has 0 aromatic heterocycles. The molecule has 0 radical (unpaired) electrons. The molecule has 1 aromatic carbocycles. The van der Waals surface area contributed by atoms with Gasteiger partial charge in [0.25, 0.3) is 0 Å². The molecular formula is C10H11Cl2NO3. The van der Waals surface area contributed by atoms with Gasteiger partial charge in [0, 0.05) is 10.9 Å². The van der Waals surface area contributed by atoms with Crippen LogP contribution in [0.2, 0.25) is 5.02 Å². The number of carbonyl (C=O) groups is 1. The van der Waals surface area contributed by atoms with E-state index in [4.69, 9.17) is 28.9 Å². The lowest BCUT2D eigenvalue weighted by Crippen LogP contribution is -2.33. The summed E-state index contributed by atoms with van der Waals surface area (Å²) in [6, 6.07) is 4.55. The predicted molar refractivity (Wildman–Crippen MR) is 61.2 cm³/mol. The summed E-state index contributed by atoms with van der Waals surface area (Å²) < 4.78 is 0. The molecule has 1 amide bonds. The molecule has 0 aliphatic rings. The second-order valence-corrected chi connectivity index (χ2v) is 3.95. The molecule has 0 aliphatic heterocycles. The highest BCUT2D eigenvalue weighted by atomic mass is 35.5. The molecule has 0 heterocycles. The number of halogens is 2. The fourth-order valence-electron chi connectivity index (χ4n) is 1.22. The molecule has 1 rings (SSSR count). The number of primary amides is 1. The standard InChI is InChI=1S/C10H11Cl2NO3/c11-4-6-3-5(1-2-7(6)12)8(14)9(15)10(13)16/h1-3,8-9,14-15H,4H2,(H2,13,16). The number of alkyl halides is 1. The summed E-state index contributed by atoms with van der Waals surface area (Å²) in [4.78, 5) is 10.7. The van der Waals surface area contributed by atoms with E-state index in [0.29, 0.717) is 16.1 Å². The third-order valence-electron chi connectivity index (χ3n) is 2.15. The van der Waals surface area contributed by atoms with E-state index in [1.165, 1.54) is 18.2 Å². The van der Waals surface area contributed by atoms with Gasteiger partial charge in [-0.25, -0.2) is 0 Å². The van der Waals surface area contributed by atoms with Crippen molar-refractivity contribution in [3.63, 3.8) is 0 Å². The van der Waals surface area contributed by atoms with Crippen LogP contribution in [0.15, 0.2) is 18.2 Å². The molecule has 0 spiro atoms. The molecule has 0 bridgehead atoms. The first-order chi connectivity index (χ1) is 7.47. The normalized spacial score (nSPS) is 14.5. The molecule has 4 N–H and O–H groups in total. The van der Waals surface area contributed by atoms with E-state index in [1.807, 2.05) is 0 Å². The van der Waals surface area contributed by atoms with E-state index in [0.717, 1.165) is 0 Å². The van der Waals surface area contributed by atoms with Gasteiger partial charge in [0.1, 0.15) is 6.10 Å². The SMILES string of the molecule is NC(=O)C(O)C(O)c1ccc(Cl)c(CCl)c1. The van der Waals surface area contributed by atoms with Gasteiger partial charge in [-0.1, -0.05) is 23.7 Å². The Morgan fingerprint density at radius 1 is 1.44 bits per heavy atom. The van der Waals surface area contributed by atoms with E-state index in [9.17, 15) is 15.0 Å². The van der Waals surface area contributed by atoms with Crippen molar-refractivity contribution in [3.05, 3.63) is 34.3 Å². The molecular weight excluding hydrogens is 253 g/mol. The Morgan fingerprint density at radius 3 is 2.56 bits per heavy atom. The Kier molecular flexibility index (Phi) is 4.56. The zero-order valence-corrected chi connectivity index (χ0v) is 9.74. The highest BCUT2D eigenvalue weighted by Gasteiger charge is 2.23. The van der Waals surface area contributed by atoms with Gasteiger partial charge in [0.2, 0.25) is 5.91 Å². The molecule has 0 saturated heterocycles. The summed E-state index contributed by atoms with van der Waals surface area (Å²) in [5.74, 6) is -0.818. The molecule has 6 heteroatoms. The second-order valence-electron chi connectivity index (χ2n) is 3.28. The van der Waals surface area contributed by atoms with E-state index in [-0.39, 0.29) is 5.88 Å². The van der Waals surface area contributed by atoms with Crippen molar-refractivity contribution < 1.29 is 15.0 Å². The molecule has 4 nitrogen and oxygen atoms in total. The van der Waals surface area contributed by atoms with Crippen LogP contribution in [-0.4, -0.2) is 22.2 Å². The van der Waals surface area contributed by atoms with Gasteiger partial charge in [-0.05, 0) is 17.2 Å². The Labute approximate surface area is 103 Å². The maximum Gasteiger partial charge on any atom is 0.249 e. The Bertz CT molecular complexity index is 398. The first-order valence-corrected chi connectivity index (χ1v) is 5.38. The zero-order chi connectivity index (χ0) is 12.3. The minimum atomic E-state index is -1.65. The summed E-state index contributed by atoms with van der Waals surface area (Å²) in [6.45, 7) is 0. The van der Waals surface area contributed by atoms with Crippen LogP contribution >= 0.6 is 23.2 Å². The molecule has 2 atom stereocenters. The Hall–Kier alpha value is -0.810. The maximum absolute atomic E-state index is 10.7. The van der Waals surface area contributed by atoms with Crippen molar-refractivity contribution in [1.82, 2.24) is 0 Å². The average Bonchev–Trinajstić information content (AvgIpc) is 2.27. The predicted octanol–water partition coefficient (Wildman–Crippen LogP) is 0.958. The topological polar surface area (TPSA) is 83.6 Å². The first-order valence-electron chi connectivity index (χ1n) is 4.47. The van der Waals surface area contributed by atoms with Crippen molar-refractivity contribution in [2.75, 3.05) is 0 Å². The number of hydrogen-bond acceptors (Lipinski definition) is 3. The molecule has 0 fully saturated rings. The van der Waals surface area contributed by atoms with E-state index < -0.39 is 18.1 Å². The summed E-state index contributed by atoms with van der Waals surface area (Å²) in [6.07, 6.45) is -3.03. The highest BCUT2D eigenvalue weighted by molar-refractivity contribution is 6.32. The van der Waals surface area contributed by atoms with Crippen molar-refractivity contribution in [2.45, 2.75) is 18.1 Å². The number of amides is 1. The zero-order valence-electron chi connectivity index (χ0n) is 8.23. The summed E-state index contributed by atoms with van der Waals surface area (Å²) >= 11 is 11.5. The number of nitrogens with two attached hydrogens (primary N) is 1. The van der Waals surface area contributed by atoms with Crippen molar-refractivity contribution in [3.8, 4) is 0 Å². The van der Waals surface area contributed by atoms with Crippen molar-refractivity contribution in [2.24, 2.45) is 5.73 Å². The van der Waals surface area contributed by atoms with E-state index in [2.05, 4.69) is 0 Å². The van der Waals surface area contributed by atoms with Gasteiger partial charge in [-0.2, -0.15) is 0 Å². The number of aliphatic hydroxyl groups is 2. The van der Waals surface area contributed by atoms with E-state index in [1.54, 1.807) is 0 Å². The van der Waals surface area contributed by atoms with Crippen LogP contribution in [0.3, 0.4) is 0 Å². The lowest BCUT2D eigenvalue weighted by Gasteiger charge is -2.16. The quantitative estimate of drug-likeness (QED) is 0.708. The van der Waals surface area contributed by atoms with Crippen LogP contribution < -0.4 is 5.73 Å². The lowest BCUT2D eigenvalue weighted by molar-refractivity contribution is -0.131. The maximum atomic E-state index is 10.7. The van der Waals surface area contributed by atoms with E-state index >= 15 is 0 Å². The average molecular weight is 264 g/mol. The van der Waals surface area contributed by atoms with Crippen LogP contribution in [0, 0.1) is 0 Å². The van der Waals surface area contributed by atoms with Crippen LogP contribution in [0.25, 0.3) is 0 Å². The van der Waals surface area contributed by atoms with Crippen LogP contribution in [-0.2, 0) is 10.7 Å². The third kappa shape index (κ3) is 2.86. The van der Waals surface area contributed by atoms with Gasteiger partial charge in [-0.3, -0.25) is 4.79 Å². The monoisotopic (exact) mass is 263 g/mol. The minimum absolute atomic E-state index is 0.173. The second kappa shape index (κ2) is 5.50. The number of benzene rings is 1. The van der Waals surface area contributed by atoms with Crippen LogP contribution in [0.1, 0.15) is 17.2 Å². The van der Waals surface area contributed by atoms with Crippen LogP contribution in [0.4, 0.5) is 0 Å². The first kappa shape index (κ1) is 13.3. The van der Waals surface area contributed by atoms with Crippen molar-refractivity contribution in [1.29, 1.82) is 0 Å².